The predicted molar refractivity (Wildman–Crippen MR) is 77.9 cm³/mol. The fourth-order valence-corrected chi connectivity index (χ4v) is 2.11. The second-order valence-electron chi connectivity index (χ2n) is 4.85. The molecule has 2 rings (SSSR count). The lowest BCUT2D eigenvalue weighted by molar-refractivity contribution is -0.118. The highest BCUT2D eigenvalue weighted by atomic mass is 19.1. The number of anilines is 1. The number of amides is 1. The quantitative estimate of drug-likeness (QED) is 0.898. The van der Waals surface area contributed by atoms with Crippen LogP contribution in [-0.4, -0.2) is 5.91 Å². The minimum Gasteiger partial charge on any atom is -0.370 e. The number of hydrogen-bond donors (Lipinski definition) is 2. The number of carbonyl (C=O) groups is 1. The van der Waals surface area contributed by atoms with Crippen LogP contribution in [-0.2, 0) is 4.79 Å². The van der Waals surface area contributed by atoms with Gasteiger partial charge in [-0.25, -0.2) is 4.39 Å². The Balaban J connectivity index is 2.30. The summed E-state index contributed by atoms with van der Waals surface area (Å²) in [6, 6.07) is 10.9. The molecule has 0 unspecified atom stereocenters. The molecule has 0 saturated heterocycles. The highest BCUT2D eigenvalue weighted by Gasteiger charge is 2.18. The zero-order valence-corrected chi connectivity index (χ0v) is 11.5. The largest absolute Gasteiger partial charge is 0.370 e. The fraction of sp³-hybridized carbons (Fsp3) is 0.188. The molecule has 1 amide bonds. The molecule has 0 spiro atoms. The zero-order chi connectivity index (χ0) is 14.7. The normalized spacial score (nSPS) is 11.9. The molecule has 104 valence electrons. The maximum atomic E-state index is 13.0. The molecule has 1 atom stereocenters. The molecule has 0 aromatic heterocycles. The molecule has 0 heterocycles. The average Bonchev–Trinajstić information content (AvgIpc) is 2.39. The topological polar surface area (TPSA) is 55.1 Å². The summed E-state index contributed by atoms with van der Waals surface area (Å²) < 4.78 is 13.0. The lowest BCUT2D eigenvalue weighted by Crippen LogP contribution is -2.28. The van der Waals surface area contributed by atoms with E-state index in [0.717, 1.165) is 16.8 Å². The van der Waals surface area contributed by atoms with Crippen LogP contribution in [0.15, 0.2) is 42.5 Å². The lowest BCUT2D eigenvalue weighted by Gasteiger charge is -2.19. The van der Waals surface area contributed by atoms with Crippen molar-refractivity contribution in [2.75, 3.05) is 5.32 Å². The van der Waals surface area contributed by atoms with Gasteiger partial charge in [0, 0.05) is 5.69 Å². The summed E-state index contributed by atoms with van der Waals surface area (Å²) in [6.45, 7) is 3.96. The van der Waals surface area contributed by atoms with Crippen LogP contribution in [0.5, 0.6) is 0 Å². The third-order valence-corrected chi connectivity index (χ3v) is 3.17. The third-order valence-electron chi connectivity index (χ3n) is 3.17. The van der Waals surface area contributed by atoms with E-state index in [2.05, 4.69) is 5.32 Å². The number of aryl methyl sites for hydroxylation is 2. The fourth-order valence-electron chi connectivity index (χ4n) is 2.11. The van der Waals surface area contributed by atoms with E-state index in [1.165, 1.54) is 12.1 Å². The molecule has 2 aromatic carbocycles. The summed E-state index contributed by atoms with van der Waals surface area (Å²) in [4.78, 5) is 11.6. The van der Waals surface area contributed by atoms with Gasteiger partial charge in [-0.15, -0.1) is 0 Å². The van der Waals surface area contributed by atoms with Gasteiger partial charge in [-0.2, -0.15) is 0 Å². The number of primary amides is 1. The lowest BCUT2D eigenvalue weighted by atomic mass is 10.0. The smallest absolute Gasteiger partial charge is 0.244 e. The van der Waals surface area contributed by atoms with E-state index >= 15 is 0 Å². The minimum absolute atomic E-state index is 0.344. The van der Waals surface area contributed by atoms with Crippen LogP contribution in [0, 0.1) is 19.7 Å². The molecule has 0 radical (unpaired) electrons. The van der Waals surface area contributed by atoms with Crippen LogP contribution >= 0.6 is 0 Å². The first kappa shape index (κ1) is 14.1. The Kier molecular flexibility index (Phi) is 4.03. The van der Waals surface area contributed by atoms with E-state index in [0.29, 0.717) is 5.56 Å². The van der Waals surface area contributed by atoms with Gasteiger partial charge in [0.05, 0.1) is 0 Å². The molecule has 0 aliphatic heterocycles. The van der Waals surface area contributed by atoms with Gasteiger partial charge in [-0.05, 0) is 43.2 Å². The van der Waals surface area contributed by atoms with Crippen molar-refractivity contribution in [1.29, 1.82) is 0 Å². The summed E-state index contributed by atoms with van der Waals surface area (Å²) in [7, 11) is 0. The van der Waals surface area contributed by atoms with Crippen molar-refractivity contribution in [1.82, 2.24) is 0 Å². The molecule has 0 bridgehead atoms. The molecule has 0 aliphatic carbocycles. The Labute approximate surface area is 117 Å². The van der Waals surface area contributed by atoms with Crippen LogP contribution < -0.4 is 11.1 Å². The van der Waals surface area contributed by atoms with Gasteiger partial charge in [-0.1, -0.05) is 29.8 Å². The van der Waals surface area contributed by atoms with E-state index in [1.807, 2.05) is 32.0 Å². The number of rotatable bonds is 4. The van der Waals surface area contributed by atoms with Gasteiger partial charge in [0.25, 0.3) is 0 Å². The predicted octanol–water partition coefficient (Wildman–Crippen LogP) is 3.08. The molecular formula is C16H17FN2O. The summed E-state index contributed by atoms with van der Waals surface area (Å²) in [5.74, 6) is -0.847. The zero-order valence-electron chi connectivity index (χ0n) is 11.5. The Morgan fingerprint density at radius 2 is 1.80 bits per heavy atom. The molecule has 3 N–H and O–H groups in total. The molecule has 3 nitrogen and oxygen atoms in total. The molecule has 2 aromatic rings. The van der Waals surface area contributed by atoms with Gasteiger partial charge in [0.2, 0.25) is 5.91 Å². The van der Waals surface area contributed by atoms with E-state index in [-0.39, 0.29) is 5.82 Å². The second-order valence-corrected chi connectivity index (χ2v) is 4.85. The summed E-state index contributed by atoms with van der Waals surface area (Å²) >= 11 is 0. The molecular weight excluding hydrogens is 255 g/mol. The van der Waals surface area contributed by atoms with E-state index in [4.69, 9.17) is 5.73 Å². The van der Waals surface area contributed by atoms with Crippen LogP contribution in [0.4, 0.5) is 10.1 Å². The average molecular weight is 272 g/mol. The van der Waals surface area contributed by atoms with Crippen molar-refractivity contribution in [2.45, 2.75) is 19.9 Å². The standard InChI is InChI=1S/C16H17FN2O/c1-10-3-8-14(11(2)9-10)19-15(16(18)20)12-4-6-13(17)7-5-12/h3-9,15,19H,1-2H3,(H2,18,20)/t15-/m1/s1. The van der Waals surface area contributed by atoms with Crippen molar-refractivity contribution in [2.24, 2.45) is 5.73 Å². The van der Waals surface area contributed by atoms with E-state index < -0.39 is 11.9 Å². The van der Waals surface area contributed by atoms with Gasteiger partial charge in [0.15, 0.2) is 0 Å². The Bertz CT molecular complexity index is 623. The summed E-state index contributed by atoms with van der Waals surface area (Å²) in [5, 5.41) is 3.11. The maximum Gasteiger partial charge on any atom is 0.244 e. The molecule has 4 heteroatoms. The van der Waals surface area contributed by atoms with Crippen LogP contribution in [0.3, 0.4) is 0 Å². The van der Waals surface area contributed by atoms with Crippen LogP contribution in [0.2, 0.25) is 0 Å². The molecule has 0 saturated carbocycles. The number of nitrogens with two attached hydrogens (primary N) is 1. The van der Waals surface area contributed by atoms with Crippen molar-refractivity contribution in [3.63, 3.8) is 0 Å². The number of hydrogen-bond acceptors (Lipinski definition) is 2. The highest BCUT2D eigenvalue weighted by Crippen LogP contribution is 2.23. The Hall–Kier alpha value is -2.36. The van der Waals surface area contributed by atoms with Gasteiger partial charge in [0.1, 0.15) is 11.9 Å². The van der Waals surface area contributed by atoms with Crippen LogP contribution in [0.1, 0.15) is 22.7 Å². The molecule has 0 aliphatic rings. The third kappa shape index (κ3) is 3.15. The molecule has 20 heavy (non-hydrogen) atoms. The number of nitrogens with one attached hydrogen (secondary N) is 1. The van der Waals surface area contributed by atoms with Crippen LogP contribution in [0.25, 0.3) is 0 Å². The van der Waals surface area contributed by atoms with Crippen molar-refractivity contribution in [3.8, 4) is 0 Å². The Morgan fingerprint density at radius 3 is 2.35 bits per heavy atom. The van der Waals surface area contributed by atoms with Crippen molar-refractivity contribution < 1.29 is 9.18 Å². The van der Waals surface area contributed by atoms with Crippen molar-refractivity contribution in [3.05, 3.63) is 65.0 Å². The maximum absolute atomic E-state index is 13.0. The number of halogens is 1. The van der Waals surface area contributed by atoms with E-state index in [1.54, 1.807) is 12.1 Å². The summed E-state index contributed by atoms with van der Waals surface area (Å²) in [6.07, 6.45) is 0. The first-order valence-electron chi connectivity index (χ1n) is 6.36. The van der Waals surface area contributed by atoms with Gasteiger partial charge in [-0.3, -0.25) is 4.79 Å². The first-order chi connectivity index (χ1) is 9.47. The number of carbonyl (C=O) groups excluding carboxylic acids is 1. The van der Waals surface area contributed by atoms with Crippen molar-refractivity contribution >= 4 is 11.6 Å². The van der Waals surface area contributed by atoms with Gasteiger partial charge < -0.3 is 11.1 Å². The molecule has 0 fully saturated rings. The minimum atomic E-state index is -0.683. The number of benzene rings is 2. The van der Waals surface area contributed by atoms with E-state index in [9.17, 15) is 9.18 Å². The Morgan fingerprint density at radius 1 is 1.15 bits per heavy atom. The SMILES string of the molecule is Cc1ccc(N[C@@H](C(N)=O)c2ccc(F)cc2)c(C)c1. The second kappa shape index (κ2) is 5.74. The monoisotopic (exact) mass is 272 g/mol. The summed E-state index contributed by atoms with van der Waals surface area (Å²) in [5.41, 5.74) is 9.08. The highest BCUT2D eigenvalue weighted by molar-refractivity contribution is 5.84. The van der Waals surface area contributed by atoms with Gasteiger partial charge >= 0.3 is 0 Å². The first-order valence-corrected chi connectivity index (χ1v) is 6.36.